The summed E-state index contributed by atoms with van der Waals surface area (Å²) in [6, 6.07) is 5.49. The Morgan fingerprint density at radius 3 is 2.13 bits per heavy atom. The van der Waals surface area contributed by atoms with E-state index in [1.54, 1.807) is 0 Å². The topological polar surface area (TPSA) is 90.9 Å². The van der Waals surface area contributed by atoms with Crippen molar-refractivity contribution in [1.29, 1.82) is 0 Å². The van der Waals surface area contributed by atoms with Crippen LogP contribution in [-0.4, -0.2) is 23.2 Å². The number of nitrogens with two attached hydrogens (primary N) is 1. The largest absolute Gasteiger partial charge is 0.435 e. The van der Waals surface area contributed by atoms with Gasteiger partial charge in [0.15, 0.2) is 10.7 Å². The Labute approximate surface area is 173 Å². The SMILES string of the molecule is NS(=O)(=O)c1ccc(-n2nc(C(F)(F)F)cc2-c2ccc(Br)c(C(F)(F)F)c2)cn1. The van der Waals surface area contributed by atoms with E-state index < -0.39 is 38.7 Å². The molecule has 160 valence electrons. The van der Waals surface area contributed by atoms with Crippen molar-refractivity contribution in [3.8, 4) is 16.9 Å². The van der Waals surface area contributed by atoms with Crippen LogP contribution in [0.5, 0.6) is 0 Å². The van der Waals surface area contributed by atoms with Gasteiger partial charge in [0.05, 0.1) is 23.1 Å². The first-order valence-electron chi connectivity index (χ1n) is 7.71. The van der Waals surface area contributed by atoms with E-state index in [1.165, 1.54) is 6.07 Å². The van der Waals surface area contributed by atoms with Crippen LogP contribution < -0.4 is 5.14 Å². The first-order valence-corrected chi connectivity index (χ1v) is 10.1. The number of primary sulfonamides is 1. The average Bonchev–Trinajstić information content (AvgIpc) is 3.06. The molecule has 0 spiro atoms. The summed E-state index contributed by atoms with van der Waals surface area (Å²) in [4.78, 5) is 3.56. The minimum Gasteiger partial charge on any atom is -0.241 e. The summed E-state index contributed by atoms with van der Waals surface area (Å²) in [5, 5.41) is 7.80. The third-order valence-corrected chi connectivity index (χ3v) is 5.34. The van der Waals surface area contributed by atoms with E-state index in [4.69, 9.17) is 5.14 Å². The van der Waals surface area contributed by atoms with Gasteiger partial charge in [-0.1, -0.05) is 22.0 Å². The van der Waals surface area contributed by atoms with Crippen LogP contribution in [0.4, 0.5) is 26.3 Å². The minimum absolute atomic E-state index is 0.121. The first-order chi connectivity index (χ1) is 13.7. The van der Waals surface area contributed by atoms with Crippen molar-refractivity contribution < 1.29 is 34.8 Å². The molecule has 0 aliphatic carbocycles. The zero-order chi connectivity index (χ0) is 22.5. The van der Waals surface area contributed by atoms with Gasteiger partial charge in [-0.3, -0.25) is 0 Å². The van der Waals surface area contributed by atoms with E-state index in [1.807, 2.05) is 0 Å². The molecule has 3 rings (SSSR count). The highest BCUT2D eigenvalue weighted by molar-refractivity contribution is 9.10. The molecule has 6 nitrogen and oxygen atoms in total. The fourth-order valence-electron chi connectivity index (χ4n) is 2.49. The highest BCUT2D eigenvalue weighted by atomic mass is 79.9. The van der Waals surface area contributed by atoms with Gasteiger partial charge in [-0.2, -0.15) is 31.4 Å². The van der Waals surface area contributed by atoms with Crippen LogP contribution in [-0.2, 0) is 22.4 Å². The molecule has 0 aliphatic rings. The molecule has 0 saturated heterocycles. The Bertz CT molecular complexity index is 1200. The van der Waals surface area contributed by atoms with Crippen LogP contribution in [0.25, 0.3) is 16.9 Å². The van der Waals surface area contributed by atoms with Gasteiger partial charge in [0.2, 0.25) is 0 Å². The smallest absolute Gasteiger partial charge is 0.241 e. The van der Waals surface area contributed by atoms with Crippen LogP contribution in [0.3, 0.4) is 0 Å². The average molecular weight is 515 g/mol. The molecular formula is C16H9BrF6N4O2S. The number of hydrogen-bond acceptors (Lipinski definition) is 4. The third-order valence-electron chi connectivity index (χ3n) is 3.82. The number of halogens is 7. The Morgan fingerprint density at radius 2 is 1.63 bits per heavy atom. The fourth-order valence-corrected chi connectivity index (χ4v) is 3.42. The maximum absolute atomic E-state index is 13.2. The van der Waals surface area contributed by atoms with Gasteiger partial charge in [-0.25, -0.2) is 23.2 Å². The predicted molar refractivity (Wildman–Crippen MR) is 95.9 cm³/mol. The van der Waals surface area contributed by atoms with E-state index in [0.717, 1.165) is 24.4 Å². The van der Waals surface area contributed by atoms with Crippen molar-refractivity contribution >= 4 is 26.0 Å². The molecule has 30 heavy (non-hydrogen) atoms. The van der Waals surface area contributed by atoms with E-state index in [-0.39, 0.29) is 21.4 Å². The van der Waals surface area contributed by atoms with Crippen molar-refractivity contribution in [2.45, 2.75) is 17.4 Å². The maximum Gasteiger partial charge on any atom is 0.435 e. The highest BCUT2D eigenvalue weighted by Gasteiger charge is 2.37. The number of pyridine rings is 1. The molecule has 0 saturated carbocycles. The van der Waals surface area contributed by atoms with Crippen molar-refractivity contribution in [2.75, 3.05) is 0 Å². The molecule has 1 aromatic carbocycles. The zero-order valence-corrected chi connectivity index (χ0v) is 16.7. The summed E-state index contributed by atoms with van der Waals surface area (Å²) in [5.74, 6) is 0. The van der Waals surface area contributed by atoms with Crippen molar-refractivity contribution in [2.24, 2.45) is 5.14 Å². The fraction of sp³-hybridized carbons (Fsp3) is 0.125. The van der Waals surface area contributed by atoms with Gasteiger partial charge in [-0.15, -0.1) is 0 Å². The molecular weight excluding hydrogens is 506 g/mol. The van der Waals surface area contributed by atoms with Crippen LogP contribution in [0, 0.1) is 0 Å². The van der Waals surface area contributed by atoms with E-state index in [0.29, 0.717) is 16.8 Å². The second-order valence-electron chi connectivity index (χ2n) is 5.92. The molecule has 3 aromatic rings. The molecule has 0 aliphatic heterocycles. The van der Waals surface area contributed by atoms with Crippen molar-refractivity contribution in [3.63, 3.8) is 0 Å². The predicted octanol–water partition coefficient (Wildman–Crippen LogP) is 4.38. The summed E-state index contributed by atoms with van der Waals surface area (Å²) in [6.07, 6.45) is -8.75. The minimum atomic E-state index is -4.88. The summed E-state index contributed by atoms with van der Waals surface area (Å²) < 4.78 is 102. The number of aromatic nitrogens is 3. The second-order valence-corrected chi connectivity index (χ2v) is 8.28. The molecule has 0 atom stereocenters. The molecule has 0 fully saturated rings. The Balaban J connectivity index is 2.22. The maximum atomic E-state index is 13.2. The van der Waals surface area contributed by atoms with Gasteiger partial charge in [-0.05, 0) is 30.3 Å². The monoisotopic (exact) mass is 514 g/mol. The zero-order valence-electron chi connectivity index (χ0n) is 14.3. The van der Waals surface area contributed by atoms with Gasteiger partial charge in [0, 0.05) is 10.0 Å². The molecule has 0 unspecified atom stereocenters. The number of benzene rings is 1. The summed E-state index contributed by atoms with van der Waals surface area (Å²) >= 11 is 2.76. The van der Waals surface area contributed by atoms with Crippen LogP contribution >= 0.6 is 15.9 Å². The molecule has 2 aromatic heterocycles. The van der Waals surface area contributed by atoms with Gasteiger partial charge >= 0.3 is 12.4 Å². The van der Waals surface area contributed by atoms with E-state index in [9.17, 15) is 34.8 Å². The summed E-state index contributed by atoms with van der Waals surface area (Å²) in [6.45, 7) is 0. The molecule has 2 heterocycles. The lowest BCUT2D eigenvalue weighted by atomic mass is 10.1. The lowest BCUT2D eigenvalue weighted by molar-refractivity contribution is -0.141. The molecule has 14 heteroatoms. The first kappa shape index (κ1) is 22.2. The number of hydrogen-bond donors (Lipinski definition) is 1. The number of rotatable bonds is 3. The van der Waals surface area contributed by atoms with Crippen molar-refractivity contribution in [3.05, 3.63) is 58.3 Å². The molecule has 0 radical (unpaired) electrons. The van der Waals surface area contributed by atoms with Crippen molar-refractivity contribution in [1.82, 2.24) is 14.8 Å². The summed E-state index contributed by atoms with van der Waals surface area (Å²) in [5.41, 5.74) is -3.09. The Hall–Kier alpha value is -2.45. The Kier molecular flexibility index (Phi) is 5.45. The van der Waals surface area contributed by atoms with Crippen LogP contribution in [0.1, 0.15) is 11.3 Å². The van der Waals surface area contributed by atoms with E-state index >= 15 is 0 Å². The molecule has 2 N–H and O–H groups in total. The highest BCUT2D eigenvalue weighted by Crippen LogP contribution is 2.39. The number of alkyl halides is 6. The molecule has 0 bridgehead atoms. The lowest BCUT2D eigenvalue weighted by Gasteiger charge is -2.12. The van der Waals surface area contributed by atoms with E-state index in [2.05, 4.69) is 26.0 Å². The quantitative estimate of drug-likeness (QED) is 0.525. The van der Waals surface area contributed by atoms with Gasteiger partial charge in [0.1, 0.15) is 0 Å². The summed E-state index contributed by atoms with van der Waals surface area (Å²) in [7, 11) is -4.16. The van der Waals surface area contributed by atoms with Gasteiger partial charge < -0.3 is 0 Å². The lowest BCUT2D eigenvalue weighted by Crippen LogP contribution is -2.14. The second kappa shape index (κ2) is 7.35. The normalized spacial score (nSPS) is 12.9. The van der Waals surface area contributed by atoms with Gasteiger partial charge in [0.25, 0.3) is 10.0 Å². The molecule has 0 amide bonds. The Morgan fingerprint density at radius 1 is 0.967 bits per heavy atom. The number of nitrogens with zero attached hydrogens (tertiary/aromatic N) is 3. The number of sulfonamides is 1. The third kappa shape index (κ3) is 4.49. The standard InChI is InChI=1S/C16H9BrF6N4O2S/c17-11-3-1-8(5-10(11)15(18,19)20)12-6-13(16(21,22)23)26-27(12)9-2-4-14(25-7-9)30(24,28)29/h1-7H,(H2,24,28,29). The van der Waals surface area contributed by atoms with Crippen LogP contribution in [0.15, 0.2) is 52.1 Å². The van der Waals surface area contributed by atoms with Crippen LogP contribution in [0.2, 0.25) is 0 Å².